The first-order valence-electron chi connectivity index (χ1n) is 6.26. The summed E-state index contributed by atoms with van der Waals surface area (Å²) in [6, 6.07) is 9.34. The van der Waals surface area contributed by atoms with Gasteiger partial charge < -0.3 is 4.90 Å². The molecule has 0 bridgehead atoms. The van der Waals surface area contributed by atoms with Gasteiger partial charge in [0.15, 0.2) is 0 Å². The second-order valence-electron chi connectivity index (χ2n) is 4.48. The Hall–Kier alpha value is -2.39. The molecule has 2 heterocycles. The Morgan fingerprint density at radius 1 is 1.38 bits per heavy atom. The van der Waals surface area contributed by atoms with E-state index in [1.165, 1.54) is 16.7 Å². The Bertz CT molecular complexity index is 680. The fourth-order valence-corrected chi connectivity index (χ4v) is 2.52. The van der Waals surface area contributed by atoms with Gasteiger partial charge in [-0.15, -0.1) is 0 Å². The van der Waals surface area contributed by atoms with Gasteiger partial charge in [0, 0.05) is 32.1 Å². The zero-order valence-electron chi connectivity index (χ0n) is 11.8. The molecule has 0 saturated carbocycles. The molecule has 0 aliphatic rings. The lowest BCUT2D eigenvalue weighted by molar-refractivity contribution is -0.125. The molecule has 0 aromatic carbocycles. The van der Waals surface area contributed by atoms with E-state index in [1.807, 2.05) is 12.1 Å². The lowest BCUT2D eigenvalue weighted by atomic mass is 10.2. The zero-order chi connectivity index (χ0) is 15.2. The van der Waals surface area contributed by atoms with Crippen molar-refractivity contribution in [3.8, 4) is 17.3 Å². The van der Waals surface area contributed by atoms with Gasteiger partial charge >= 0.3 is 0 Å². The highest BCUT2D eigenvalue weighted by molar-refractivity contribution is 8.00. The molecule has 5 nitrogen and oxygen atoms in total. The van der Waals surface area contributed by atoms with Gasteiger partial charge in [-0.2, -0.15) is 5.26 Å². The van der Waals surface area contributed by atoms with E-state index in [0.717, 1.165) is 11.3 Å². The van der Waals surface area contributed by atoms with Crippen molar-refractivity contribution in [1.82, 2.24) is 14.9 Å². The summed E-state index contributed by atoms with van der Waals surface area (Å²) >= 11 is 1.27. The van der Waals surface area contributed by atoms with Crippen LogP contribution in [0.3, 0.4) is 0 Å². The third kappa shape index (κ3) is 3.80. The third-order valence-corrected chi connectivity index (χ3v) is 3.75. The molecule has 0 radical (unpaired) electrons. The van der Waals surface area contributed by atoms with Crippen LogP contribution < -0.4 is 0 Å². The van der Waals surface area contributed by atoms with Gasteiger partial charge in [-0.25, -0.2) is 4.98 Å². The molecule has 106 valence electrons. The van der Waals surface area contributed by atoms with Crippen molar-refractivity contribution in [1.29, 1.82) is 5.26 Å². The molecular weight excluding hydrogens is 284 g/mol. The van der Waals surface area contributed by atoms with E-state index in [9.17, 15) is 4.79 Å². The van der Waals surface area contributed by atoms with Crippen LogP contribution in [0.25, 0.3) is 11.3 Å². The Morgan fingerprint density at radius 2 is 2.19 bits per heavy atom. The molecule has 0 aliphatic carbocycles. The van der Waals surface area contributed by atoms with Crippen molar-refractivity contribution < 1.29 is 4.79 Å². The molecule has 2 aromatic heterocycles. The Kier molecular flexibility index (Phi) is 4.90. The van der Waals surface area contributed by atoms with E-state index < -0.39 is 0 Å². The van der Waals surface area contributed by atoms with Crippen LogP contribution in [-0.2, 0) is 4.79 Å². The first-order chi connectivity index (χ1) is 10.1. The monoisotopic (exact) mass is 298 g/mol. The highest BCUT2D eigenvalue weighted by atomic mass is 32.2. The number of carbonyl (C=O) groups is 1. The number of aromatic nitrogens is 2. The predicted molar refractivity (Wildman–Crippen MR) is 81.6 cm³/mol. The summed E-state index contributed by atoms with van der Waals surface area (Å²) in [7, 11) is 3.40. The zero-order valence-corrected chi connectivity index (χ0v) is 12.6. The first kappa shape index (κ1) is 15.0. The molecule has 0 saturated heterocycles. The fourth-order valence-electron chi connectivity index (χ4n) is 1.57. The number of thioether (sulfide) groups is 1. The van der Waals surface area contributed by atoms with E-state index in [0.29, 0.717) is 10.6 Å². The Labute approximate surface area is 127 Å². The average molecular weight is 298 g/mol. The second-order valence-corrected chi connectivity index (χ2v) is 5.44. The minimum absolute atomic E-state index is 0.0162. The Balaban J connectivity index is 2.27. The van der Waals surface area contributed by atoms with E-state index in [2.05, 4.69) is 16.0 Å². The molecule has 0 atom stereocenters. The summed E-state index contributed by atoms with van der Waals surface area (Å²) in [5.74, 6) is 0.239. The van der Waals surface area contributed by atoms with Crippen LogP contribution in [-0.4, -0.2) is 40.6 Å². The van der Waals surface area contributed by atoms with Crippen LogP contribution in [0.15, 0.2) is 41.7 Å². The van der Waals surface area contributed by atoms with Crippen LogP contribution >= 0.6 is 11.8 Å². The third-order valence-electron chi connectivity index (χ3n) is 2.77. The molecule has 0 fully saturated rings. The van der Waals surface area contributed by atoms with Crippen LogP contribution in [0, 0.1) is 11.3 Å². The number of pyridine rings is 2. The SMILES string of the molecule is CN(C)C(=O)CSc1nc(-c2cccnc2)ccc1C#N. The number of hydrogen-bond acceptors (Lipinski definition) is 5. The van der Waals surface area contributed by atoms with Gasteiger partial charge in [-0.1, -0.05) is 11.8 Å². The van der Waals surface area contributed by atoms with Crippen LogP contribution in [0.4, 0.5) is 0 Å². The van der Waals surface area contributed by atoms with Crippen LogP contribution in [0.1, 0.15) is 5.56 Å². The van der Waals surface area contributed by atoms with E-state index in [1.54, 1.807) is 38.6 Å². The maximum absolute atomic E-state index is 11.7. The van der Waals surface area contributed by atoms with Crippen LogP contribution in [0.2, 0.25) is 0 Å². The molecular formula is C15H14N4OS. The maximum atomic E-state index is 11.7. The van der Waals surface area contributed by atoms with Gasteiger partial charge in [0.2, 0.25) is 5.91 Å². The summed E-state index contributed by atoms with van der Waals surface area (Å²) in [6.07, 6.45) is 3.41. The molecule has 21 heavy (non-hydrogen) atoms. The van der Waals surface area contributed by atoms with Crippen molar-refractivity contribution >= 4 is 17.7 Å². The smallest absolute Gasteiger partial charge is 0.232 e. The average Bonchev–Trinajstić information content (AvgIpc) is 2.53. The van der Waals surface area contributed by atoms with Crippen molar-refractivity contribution in [2.24, 2.45) is 0 Å². The highest BCUT2D eigenvalue weighted by Crippen LogP contribution is 2.24. The number of nitriles is 1. The topological polar surface area (TPSA) is 69.9 Å². The van der Waals surface area contributed by atoms with Gasteiger partial charge in [0.1, 0.15) is 11.1 Å². The van der Waals surface area contributed by atoms with Gasteiger partial charge in [-0.05, 0) is 24.3 Å². The number of hydrogen-bond donors (Lipinski definition) is 0. The summed E-state index contributed by atoms with van der Waals surface area (Å²) in [6.45, 7) is 0. The lowest BCUT2D eigenvalue weighted by Gasteiger charge is -2.10. The van der Waals surface area contributed by atoms with Gasteiger partial charge in [0.05, 0.1) is 17.0 Å². The second kappa shape index (κ2) is 6.86. The molecule has 1 amide bonds. The van der Waals surface area contributed by atoms with Crippen molar-refractivity contribution in [2.75, 3.05) is 19.8 Å². The molecule has 0 unspecified atom stereocenters. The highest BCUT2D eigenvalue weighted by Gasteiger charge is 2.11. The minimum Gasteiger partial charge on any atom is -0.348 e. The van der Waals surface area contributed by atoms with Crippen molar-refractivity contribution in [3.05, 3.63) is 42.2 Å². The number of nitrogens with zero attached hydrogens (tertiary/aromatic N) is 4. The normalized spacial score (nSPS) is 9.95. The predicted octanol–water partition coefficient (Wildman–Crippen LogP) is 2.20. The molecule has 0 aliphatic heterocycles. The minimum atomic E-state index is -0.0162. The summed E-state index contributed by atoms with van der Waals surface area (Å²) < 4.78 is 0. The molecule has 2 aromatic rings. The summed E-state index contributed by atoms with van der Waals surface area (Å²) in [4.78, 5) is 21.7. The maximum Gasteiger partial charge on any atom is 0.232 e. The van der Waals surface area contributed by atoms with E-state index in [-0.39, 0.29) is 11.7 Å². The number of amides is 1. The number of carbonyl (C=O) groups excluding carboxylic acids is 1. The molecule has 6 heteroatoms. The fraction of sp³-hybridized carbons (Fsp3) is 0.200. The van der Waals surface area contributed by atoms with E-state index >= 15 is 0 Å². The lowest BCUT2D eigenvalue weighted by Crippen LogP contribution is -2.23. The van der Waals surface area contributed by atoms with Crippen molar-refractivity contribution in [2.45, 2.75) is 5.03 Å². The molecule has 2 rings (SSSR count). The first-order valence-corrected chi connectivity index (χ1v) is 7.25. The van der Waals surface area contributed by atoms with E-state index in [4.69, 9.17) is 5.26 Å². The van der Waals surface area contributed by atoms with Gasteiger partial charge in [-0.3, -0.25) is 9.78 Å². The van der Waals surface area contributed by atoms with Crippen LogP contribution in [0.5, 0.6) is 0 Å². The Morgan fingerprint density at radius 3 is 2.81 bits per heavy atom. The number of rotatable bonds is 4. The van der Waals surface area contributed by atoms with Crippen molar-refractivity contribution in [3.63, 3.8) is 0 Å². The standard InChI is InChI=1S/C15H14N4OS/c1-19(2)14(20)10-21-15-11(8-16)5-6-13(18-15)12-4-3-7-17-9-12/h3-7,9H,10H2,1-2H3. The molecule has 0 N–H and O–H groups in total. The van der Waals surface area contributed by atoms with Gasteiger partial charge in [0.25, 0.3) is 0 Å². The largest absolute Gasteiger partial charge is 0.348 e. The quantitative estimate of drug-likeness (QED) is 0.809. The molecule has 0 spiro atoms. The summed E-state index contributed by atoms with van der Waals surface area (Å²) in [5.41, 5.74) is 2.09. The summed E-state index contributed by atoms with van der Waals surface area (Å²) in [5, 5.41) is 9.71.